The summed E-state index contributed by atoms with van der Waals surface area (Å²) in [6.07, 6.45) is 5.60. The van der Waals surface area contributed by atoms with Gasteiger partial charge in [0.2, 0.25) is 0 Å². The number of allylic oxidation sites excluding steroid dienone is 1. The molecule has 2 aliphatic heterocycles. The Balaban J connectivity index is 1.43. The molecule has 0 radical (unpaired) electrons. The van der Waals surface area contributed by atoms with Gasteiger partial charge in [-0.1, -0.05) is 19.1 Å². The zero-order valence-electron chi connectivity index (χ0n) is 15.5. The molecule has 140 valence electrons. The molecule has 2 saturated carbocycles. The number of carbonyl (C=O) groups excluding carboxylic acids is 1. The fourth-order valence-electron chi connectivity index (χ4n) is 5.64. The predicted molar refractivity (Wildman–Crippen MR) is 93.9 cm³/mol. The number of nitrogens with zero attached hydrogens (tertiary/aromatic N) is 1. The molecule has 0 aromatic rings. The van der Waals surface area contributed by atoms with Crippen molar-refractivity contribution in [1.82, 2.24) is 4.90 Å². The summed E-state index contributed by atoms with van der Waals surface area (Å²) in [6.45, 7) is 9.49. The summed E-state index contributed by atoms with van der Waals surface area (Å²) in [6, 6.07) is 0. The van der Waals surface area contributed by atoms with E-state index in [4.69, 9.17) is 14.2 Å². The van der Waals surface area contributed by atoms with Crippen molar-refractivity contribution < 1.29 is 19.0 Å². The molecule has 25 heavy (non-hydrogen) atoms. The van der Waals surface area contributed by atoms with Gasteiger partial charge in [-0.25, -0.2) is 0 Å². The highest BCUT2D eigenvalue weighted by Crippen LogP contribution is 2.56. The number of hydrogen-bond acceptors (Lipinski definition) is 5. The molecule has 1 unspecified atom stereocenters. The third kappa shape index (κ3) is 3.26. The van der Waals surface area contributed by atoms with Crippen molar-refractivity contribution in [3.63, 3.8) is 0 Å². The highest BCUT2D eigenvalue weighted by atomic mass is 16.7. The number of hydrogen-bond donors (Lipinski definition) is 0. The van der Waals surface area contributed by atoms with Crippen LogP contribution in [0, 0.1) is 23.2 Å². The molecule has 2 heterocycles. The van der Waals surface area contributed by atoms with Crippen LogP contribution in [0.4, 0.5) is 0 Å². The second-order valence-corrected chi connectivity index (χ2v) is 8.80. The lowest BCUT2D eigenvalue weighted by Gasteiger charge is -2.50. The molecule has 0 N–H and O–H groups in total. The fourth-order valence-corrected chi connectivity index (χ4v) is 5.64. The van der Waals surface area contributed by atoms with Crippen LogP contribution in [-0.4, -0.2) is 56.6 Å². The van der Waals surface area contributed by atoms with Gasteiger partial charge in [-0.05, 0) is 50.5 Å². The van der Waals surface area contributed by atoms with Gasteiger partial charge >= 0.3 is 5.97 Å². The number of rotatable bonds is 4. The van der Waals surface area contributed by atoms with Crippen molar-refractivity contribution in [3.8, 4) is 0 Å². The van der Waals surface area contributed by atoms with Gasteiger partial charge in [0, 0.05) is 19.0 Å². The van der Waals surface area contributed by atoms with E-state index in [2.05, 4.69) is 18.4 Å². The maximum absolute atomic E-state index is 12.6. The Bertz CT molecular complexity index is 544. The third-order valence-electron chi connectivity index (χ3n) is 6.98. The molecular weight excluding hydrogens is 318 g/mol. The van der Waals surface area contributed by atoms with Crippen molar-refractivity contribution in [2.45, 2.75) is 51.4 Å². The first-order chi connectivity index (χ1) is 12.0. The molecule has 2 aliphatic carbocycles. The summed E-state index contributed by atoms with van der Waals surface area (Å²) in [7, 11) is 2.04. The number of carbonyl (C=O) groups is 1. The molecule has 5 atom stereocenters. The summed E-state index contributed by atoms with van der Waals surface area (Å²) in [5.41, 5.74) is 1.66. The van der Waals surface area contributed by atoms with E-state index in [9.17, 15) is 4.79 Å². The van der Waals surface area contributed by atoms with E-state index in [0.29, 0.717) is 31.6 Å². The van der Waals surface area contributed by atoms with E-state index in [1.807, 2.05) is 7.05 Å². The first kappa shape index (κ1) is 17.5. The van der Waals surface area contributed by atoms with Gasteiger partial charge in [-0.2, -0.15) is 0 Å². The summed E-state index contributed by atoms with van der Waals surface area (Å²) in [4.78, 5) is 14.7. The van der Waals surface area contributed by atoms with Crippen LogP contribution in [0.5, 0.6) is 0 Å². The van der Waals surface area contributed by atoms with E-state index in [-0.39, 0.29) is 29.7 Å². The minimum atomic E-state index is -0.161. The standard InChI is InChI=1S/C20H31NO4/c1-13-5-4-6-20(2)10-17-14(9-16(13)20)15(19(22)25-17)11-21(3)12-18-23-7-8-24-18/h14-18H,1,4-12H2,2-3H3/t14-,15?,16+,17-,20-/m1/s1. The van der Waals surface area contributed by atoms with Crippen molar-refractivity contribution in [1.29, 1.82) is 0 Å². The molecule has 0 bridgehead atoms. The van der Waals surface area contributed by atoms with E-state index in [1.54, 1.807) is 0 Å². The Morgan fingerprint density at radius 3 is 2.80 bits per heavy atom. The van der Waals surface area contributed by atoms with E-state index in [1.165, 1.54) is 18.4 Å². The number of fused-ring (bicyclic) bond motifs is 2. The predicted octanol–water partition coefficient (Wildman–Crippen LogP) is 2.61. The minimum Gasteiger partial charge on any atom is -0.462 e. The zero-order valence-corrected chi connectivity index (χ0v) is 15.5. The average molecular weight is 349 g/mol. The largest absolute Gasteiger partial charge is 0.462 e. The maximum atomic E-state index is 12.6. The summed E-state index contributed by atoms with van der Waals surface area (Å²) in [5.74, 6) is 0.832. The van der Waals surface area contributed by atoms with Gasteiger partial charge < -0.3 is 19.1 Å². The number of likely N-dealkylation sites (N-methyl/N-ethyl adjacent to an activating group) is 1. The van der Waals surface area contributed by atoms with Crippen LogP contribution in [0.3, 0.4) is 0 Å². The Kier molecular flexibility index (Phi) is 4.67. The van der Waals surface area contributed by atoms with Gasteiger partial charge in [0.05, 0.1) is 19.1 Å². The Morgan fingerprint density at radius 2 is 2.04 bits per heavy atom. The first-order valence-electron chi connectivity index (χ1n) is 9.76. The monoisotopic (exact) mass is 349 g/mol. The molecule has 0 aromatic heterocycles. The minimum absolute atomic E-state index is 0.0111. The molecule has 0 spiro atoms. The summed E-state index contributed by atoms with van der Waals surface area (Å²) in [5, 5.41) is 0. The molecule has 5 nitrogen and oxygen atoms in total. The van der Waals surface area contributed by atoms with Crippen LogP contribution < -0.4 is 0 Å². The molecule has 4 rings (SSSR count). The topological polar surface area (TPSA) is 48.0 Å². The lowest BCUT2D eigenvalue weighted by molar-refractivity contribution is -0.146. The molecule has 0 aromatic carbocycles. The second kappa shape index (κ2) is 6.67. The van der Waals surface area contributed by atoms with Crippen LogP contribution in [-0.2, 0) is 19.0 Å². The van der Waals surface area contributed by atoms with Crippen molar-refractivity contribution in [2.24, 2.45) is 23.2 Å². The van der Waals surface area contributed by atoms with Crippen LogP contribution >= 0.6 is 0 Å². The van der Waals surface area contributed by atoms with Crippen LogP contribution in [0.25, 0.3) is 0 Å². The molecule has 5 heteroatoms. The molecule has 0 amide bonds. The average Bonchev–Trinajstić information content (AvgIpc) is 3.14. The Labute approximate surface area is 150 Å². The van der Waals surface area contributed by atoms with Gasteiger partial charge in [0.15, 0.2) is 6.29 Å². The molecular formula is C20H31NO4. The Morgan fingerprint density at radius 1 is 1.28 bits per heavy atom. The molecule has 4 fully saturated rings. The number of ether oxygens (including phenoxy) is 3. The number of esters is 1. The molecule has 2 saturated heterocycles. The van der Waals surface area contributed by atoms with Crippen molar-refractivity contribution in [2.75, 3.05) is 33.4 Å². The summed E-state index contributed by atoms with van der Waals surface area (Å²) >= 11 is 0. The highest BCUT2D eigenvalue weighted by molar-refractivity contribution is 5.75. The maximum Gasteiger partial charge on any atom is 0.310 e. The van der Waals surface area contributed by atoms with E-state index >= 15 is 0 Å². The molecule has 4 aliphatic rings. The van der Waals surface area contributed by atoms with Gasteiger partial charge in [-0.15, -0.1) is 0 Å². The third-order valence-corrected chi connectivity index (χ3v) is 6.98. The van der Waals surface area contributed by atoms with Crippen molar-refractivity contribution >= 4 is 5.97 Å². The van der Waals surface area contributed by atoms with Crippen LogP contribution in [0.1, 0.15) is 39.0 Å². The lowest BCUT2D eigenvalue weighted by atomic mass is 9.55. The zero-order chi connectivity index (χ0) is 17.6. The van der Waals surface area contributed by atoms with Gasteiger partial charge in [-0.3, -0.25) is 4.79 Å². The van der Waals surface area contributed by atoms with Crippen molar-refractivity contribution in [3.05, 3.63) is 12.2 Å². The lowest BCUT2D eigenvalue weighted by Crippen LogP contribution is -2.45. The summed E-state index contributed by atoms with van der Waals surface area (Å²) < 4.78 is 16.9. The second-order valence-electron chi connectivity index (χ2n) is 8.80. The quantitative estimate of drug-likeness (QED) is 0.577. The van der Waals surface area contributed by atoms with Crippen LogP contribution in [0.15, 0.2) is 12.2 Å². The first-order valence-corrected chi connectivity index (χ1v) is 9.76. The SMILES string of the molecule is C=C1CCC[C@]2(C)C[C@H]3OC(=O)C(CN(C)CC4OCCO4)[C@H]3C[C@@H]12. The van der Waals surface area contributed by atoms with Crippen LogP contribution in [0.2, 0.25) is 0 Å². The van der Waals surface area contributed by atoms with Gasteiger partial charge in [0.1, 0.15) is 6.10 Å². The normalized spacial score (nSPS) is 41.7. The smallest absolute Gasteiger partial charge is 0.310 e. The van der Waals surface area contributed by atoms with Gasteiger partial charge in [0.25, 0.3) is 0 Å². The van der Waals surface area contributed by atoms with E-state index in [0.717, 1.165) is 25.8 Å². The highest BCUT2D eigenvalue weighted by Gasteiger charge is 2.55. The van der Waals surface area contributed by atoms with E-state index < -0.39 is 0 Å². The Hall–Kier alpha value is -0.910. The fraction of sp³-hybridized carbons (Fsp3) is 0.850.